The fraction of sp³-hybridized carbons (Fsp3) is 0.583. The van der Waals surface area contributed by atoms with Gasteiger partial charge in [0, 0.05) is 17.6 Å². The van der Waals surface area contributed by atoms with E-state index in [0.29, 0.717) is 18.1 Å². The number of nitrogens with zero attached hydrogens (tertiary/aromatic N) is 2. The highest BCUT2D eigenvalue weighted by Gasteiger charge is 2.48. The molecule has 1 aliphatic rings. The first-order valence-corrected chi connectivity index (χ1v) is 6.82. The Balaban J connectivity index is 2.24. The summed E-state index contributed by atoms with van der Waals surface area (Å²) < 4.78 is 4.69. The minimum absolute atomic E-state index is 0.0750. The fourth-order valence-electron chi connectivity index (χ4n) is 2.31. The Hall–Kier alpha value is -1.63. The Kier molecular flexibility index (Phi) is 3.49. The number of thiazole rings is 1. The van der Waals surface area contributed by atoms with Crippen molar-refractivity contribution >= 4 is 28.3 Å². The number of ether oxygens (including phenoxy) is 1. The number of rotatable bonds is 3. The van der Waals surface area contributed by atoms with Crippen molar-refractivity contribution in [2.75, 3.05) is 19.4 Å². The number of hydrogen-bond donors (Lipinski definition) is 1. The Morgan fingerprint density at radius 1 is 1.68 bits per heavy atom. The zero-order valence-corrected chi connectivity index (χ0v) is 12.0. The quantitative estimate of drug-likeness (QED) is 0.828. The van der Waals surface area contributed by atoms with E-state index < -0.39 is 17.4 Å². The van der Waals surface area contributed by atoms with Crippen molar-refractivity contribution < 1.29 is 14.3 Å². The Labute approximate surface area is 115 Å². The van der Waals surface area contributed by atoms with Crippen molar-refractivity contribution in [3.05, 3.63) is 11.1 Å². The molecule has 6 nitrogen and oxygen atoms in total. The Morgan fingerprint density at radius 3 is 2.89 bits per heavy atom. The van der Waals surface area contributed by atoms with E-state index in [1.54, 1.807) is 18.0 Å². The van der Waals surface area contributed by atoms with E-state index in [0.717, 1.165) is 4.88 Å². The lowest BCUT2D eigenvalue weighted by molar-refractivity contribution is -0.151. The first-order chi connectivity index (χ1) is 8.90. The highest BCUT2D eigenvalue weighted by Crippen LogP contribution is 2.39. The molecule has 104 valence electrons. The van der Waals surface area contributed by atoms with E-state index in [-0.39, 0.29) is 5.91 Å². The van der Waals surface area contributed by atoms with E-state index >= 15 is 0 Å². The molecule has 1 aromatic rings. The highest BCUT2D eigenvalue weighted by molar-refractivity contribution is 7.15. The fourth-order valence-corrected chi connectivity index (χ4v) is 3.16. The predicted molar refractivity (Wildman–Crippen MR) is 71.7 cm³/mol. The summed E-state index contributed by atoms with van der Waals surface area (Å²) in [7, 11) is 1.32. The van der Waals surface area contributed by atoms with Gasteiger partial charge in [0.25, 0.3) is 0 Å². The van der Waals surface area contributed by atoms with Gasteiger partial charge >= 0.3 is 5.97 Å². The number of carbonyl (C=O) groups is 2. The average molecular weight is 283 g/mol. The molecule has 0 radical (unpaired) electrons. The number of aromatic nitrogens is 1. The summed E-state index contributed by atoms with van der Waals surface area (Å²) in [5.41, 5.74) is 4.98. The Bertz CT molecular complexity index is 516. The molecule has 2 rings (SSSR count). The standard InChI is InChI=1S/C12H17N3O3S/c1-7(9(16)18-3)15-5-4-12(2,10(15)17)8-6-14-11(13)19-8/h6-7H,4-5H2,1-3H3,(H2,13,14)/t7-,12?/m1/s1. The zero-order valence-electron chi connectivity index (χ0n) is 11.2. The molecule has 1 unspecified atom stereocenters. The molecule has 0 aliphatic carbocycles. The van der Waals surface area contributed by atoms with Crippen molar-refractivity contribution in [3.8, 4) is 0 Å². The first-order valence-electron chi connectivity index (χ1n) is 6.01. The molecule has 0 saturated carbocycles. The molecule has 0 spiro atoms. The van der Waals surface area contributed by atoms with Crippen molar-refractivity contribution in [3.63, 3.8) is 0 Å². The number of hydrogen-bond acceptors (Lipinski definition) is 6. The van der Waals surface area contributed by atoms with Gasteiger partial charge in [-0.3, -0.25) is 4.79 Å². The summed E-state index contributed by atoms with van der Waals surface area (Å²) in [5, 5.41) is 0.448. The smallest absolute Gasteiger partial charge is 0.328 e. The SMILES string of the molecule is COC(=O)[C@@H](C)N1CCC(C)(c2cnc(N)s2)C1=O. The van der Waals surface area contributed by atoms with Gasteiger partial charge in [-0.05, 0) is 20.3 Å². The summed E-state index contributed by atoms with van der Waals surface area (Å²) in [6.45, 7) is 4.08. The highest BCUT2D eigenvalue weighted by atomic mass is 32.1. The molecule has 1 aliphatic heterocycles. The molecule has 7 heteroatoms. The number of likely N-dealkylation sites (tertiary alicyclic amines) is 1. The van der Waals surface area contributed by atoms with Gasteiger partial charge in [-0.2, -0.15) is 0 Å². The largest absolute Gasteiger partial charge is 0.467 e. The second-order valence-electron chi connectivity index (χ2n) is 4.84. The van der Waals surface area contributed by atoms with E-state index in [2.05, 4.69) is 9.72 Å². The van der Waals surface area contributed by atoms with Crippen LogP contribution in [0.4, 0.5) is 5.13 Å². The van der Waals surface area contributed by atoms with E-state index in [1.807, 2.05) is 6.92 Å². The Morgan fingerprint density at radius 2 is 2.37 bits per heavy atom. The lowest BCUT2D eigenvalue weighted by Crippen LogP contribution is -2.44. The molecule has 2 atom stereocenters. The average Bonchev–Trinajstić information content (AvgIpc) is 2.95. The minimum atomic E-state index is -0.641. The number of nitrogen functional groups attached to an aromatic ring is 1. The molecule has 2 heterocycles. The molecule has 1 saturated heterocycles. The topological polar surface area (TPSA) is 85.5 Å². The van der Waals surface area contributed by atoms with Crippen molar-refractivity contribution in [2.45, 2.75) is 31.7 Å². The number of amides is 1. The second-order valence-corrected chi connectivity index (χ2v) is 5.90. The van der Waals surface area contributed by atoms with Crippen LogP contribution in [0, 0.1) is 0 Å². The number of methoxy groups -OCH3 is 1. The third-order valence-corrected chi connectivity index (χ3v) is 4.75. The second kappa shape index (κ2) is 4.80. The lowest BCUT2D eigenvalue weighted by Gasteiger charge is -2.25. The summed E-state index contributed by atoms with van der Waals surface area (Å²) in [6.07, 6.45) is 2.29. The van der Waals surface area contributed by atoms with Gasteiger partial charge in [-0.25, -0.2) is 9.78 Å². The van der Waals surface area contributed by atoms with Gasteiger partial charge < -0.3 is 15.4 Å². The first kappa shape index (κ1) is 13.8. The van der Waals surface area contributed by atoms with Crippen molar-refractivity contribution in [1.29, 1.82) is 0 Å². The van der Waals surface area contributed by atoms with Crippen LogP contribution in [0.1, 0.15) is 25.1 Å². The maximum absolute atomic E-state index is 12.6. The van der Waals surface area contributed by atoms with Crippen molar-refractivity contribution in [1.82, 2.24) is 9.88 Å². The predicted octanol–water partition coefficient (Wildman–Crippen LogP) is 0.777. The summed E-state index contributed by atoms with van der Waals surface area (Å²) in [6, 6.07) is -0.565. The van der Waals surface area contributed by atoms with Crippen LogP contribution in [0.2, 0.25) is 0 Å². The third-order valence-electron chi connectivity index (χ3n) is 3.66. The van der Waals surface area contributed by atoms with Gasteiger partial charge in [0.15, 0.2) is 5.13 Å². The number of anilines is 1. The van der Waals surface area contributed by atoms with Crippen LogP contribution < -0.4 is 5.73 Å². The van der Waals surface area contributed by atoms with E-state index in [9.17, 15) is 9.59 Å². The zero-order chi connectivity index (χ0) is 14.2. The molecule has 0 bridgehead atoms. The molecule has 2 N–H and O–H groups in total. The number of esters is 1. The van der Waals surface area contributed by atoms with Gasteiger partial charge in [0.05, 0.1) is 12.5 Å². The lowest BCUT2D eigenvalue weighted by atomic mass is 9.87. The van der Waals surface area contributed by atoms with Crippen LogP contribution >= 0.6 is 11.3 Å². The minimum Gasteiger partial charge on any atom is -0.467 e. The van der Waals surface area contributed by atoms with Crippen molar-refractivity contribution in [2.24, 2.45) is 0 Å². The maximum atomic E-state index is 12.6. The normalized spacial score (nSPS) is 24.6. The monoisotopic (exact) mass is 283 g/mol. The van der Waals surface area contributed by atoms with Crippen LogP contribution in [0.5, 0.6) is 0 Å². The van der Waals surface area contributed by atoms with Gasteiger partial charge in [0.1, 0.15) is 6.04 Å². The van der Waals surface area contributed by atoms with Gasteiger partial charge in [-0.15, -0.1) is 11.3 Å². The van der Waals surface area contributed by atoms with Crippen LogP contribution in [0.25, 0.3) is 0 Å². The summed E-state index contributed by atoms with van der Waals surface area (Å²) >= 11 is 1.32. The van der Waals surface area contributed by atoms with Crippen LogP contribution in [-0.2, 0) is 19.7 Å². The van der Waals surface area contributed by atoms with Crippen LogP contribution in [-0.4, -0.2) is 41.5 Å². The number of nitrogens with two attached hydrogens (primary N) is 1. The third kappa shape index (κ3) is 2.18. The number of carbonyl (C=O) groups excluding carboxylic acids is 2. The van der Waals surface area contributed by atoms with E-state index in [4.69, 9.17) is 5.73 Å². The molecule has 1 amide bonds. The summed E-state index contributed by atoms with van der Waals surface area (Å²) in [4.78, 5) is 30.5. The molecular formula is C12H17N3O3S. The molecule has 1 fully saturated rings. The summed E-state index contributed by atoms with van der Waals surface area (Å²) in [5.74, 6) is -0.476. The van der Waals surface area contributed by atoms with Crippen LogP contribution in [0.3, 0.4) is 0 Å². The molecular weight excluding hydrogens is 266 g/mol. The van der Waals surface area contributed by atoms with Gasteiger partial charge in [0.2, 0.25) is 5.91 Å². The molecule has 1 aromatic heterocycles. The molecule has 19 heavy (non-hydrogen) atoms. The maximum Gasteiger partial charge on any atom is 0.328 e. The van der Waals surface area contributed by atoms with Gasteiger partial charge in [-0.1, -0.05) is 0 Å². The van der Waals surface area contributed by atoms with Crippen LogP contribution in [0.15, 0.2) is 6.20 Å². The molecule has 0 aromatic carbocycles. The van der Waals surface area contributed by atoms with E-state index in [1.165, 1.54) is 18.4 Å².